The van der Waals surface area contributed by atoms with E-state index >= 15 is 0 Å². The molecule has 0 heterocycles. The number of rotatable bonds is 1. The maximum atomic E-state index is 7.44. The van der Waals surface area contributed by atoms with Crippen molar-refractivity contribution in [1.82, 2.24) is 0 Å². The van der Waals surface area contributed by atoms with Crippen LogP contribution in [0.2, 0.25) is 0 Å². The summed E-state index contributed by atoms with van der Waals surface area (Å²) in [5.74, 6) is 0. The van der Waals surface area contributed by atoms with Crippen molar-refractivity contribution in [2.75, 3.05) is 0 Å². The van der Waals surface area contributed by atoms with Crippen molar-refractivity contribution >= 4 is 58.7 Å². The summed E-state index contributed by atoms with van der Waals surface area (Å²) in [5.41, 5.74) is 0. The van der Waals surface area contributed by atoms with Crippen molar-refractivity contribution in [3.63, 3.8) is 0 Å². The van der Waals surface area contributed by atoms with Gasteiger partial charge in [-0.1, -0.05) is 0 Å². The van der Waals surface area contributed by atoms with Crippen molar-refractivity contribution in [2.24, 2.45) is 0 Å². The molecule has 0 aliphatic carbocycles. The van der Waals surface area contributed by atoms with Crippen LogP contribution < -0.4 is 0 Å². The monoisotopic (exact) mass is 118 g/mol. The maximum absolute atomic E-state index is 7.44. The number of hydrogen-bond donors (Lipinski definition) is 3. The molecule has 0 aromatic carbocycles. The van der Waals surface area contributed by atoms with Gasteiger partial charge < -0.3 is 10.0 Å². The zero-order chi connectivity index (χ0) is 4.28. The molecule has 0 fully saturated rings. The van der Waals surface area contributed by atoms with Crippen LogP contribution in [0.5, 0.6) is 0 Å². The van der Waals surface area contributed by atoms with Gasteiger partial charge in [0.15, 0.2) is 0 Å². The molecule has 0 aromatic heterocycles. The summed E-state index contributed by atoms with van der Waals surface area (Å²) < 4.78 is 0. The van der Waals surface area contributed by atoms with Gasteiger partial charge in [0.2, 0.25) is 0 Å². The summed E-state index contributed by atoms with van der Waals surface area (Å²) in [5, 5.41) is 22.0. The van der Waals surface area contributed by atoms with Gasteiger partial charge in [0.25, 0.3) is 0 Å². The van der Waals surface area contributed by atoms with Crippen LogP contribution >= 0.6 is 0 Å². The second-order valence-corrected chi connectivity index (χ2v) is 0.432. The Morgan fingerprint density at radius 1 is 1.33 bits per heavy atom. The van der Waals surface area contributed by atoms with Crippen LogP contribution in [0.4, 0.5) is 0 Å². The fraction of sp³-hybridized carbons (Fsp3) is 0. The summed E-state index contributed by atoms with van der Waals surface area (Å²) >= 11 is 0. The predicted octanol–water partition coefficient (Wildman–Crippen LogP) is -2.20. The van der Waals surface area contributed by atoms with E-state index in [0.717, 1.165) is 0 Å². The molecule has 0 aliphatic rings. The minimum atomic E-state index is -2.06. The third kappa shape index (κ3) is 9.11. The summed E-state index contributed by atoms with van der Waals surface area (Å²) in [6, 6.07) is 0. The average molecular weight is 118 g/mol. The molecule has 0 saturated carbocycles. The third-order valence-electron chi connectivity index (χ3n) is 0.0943. The zero-order valence-corrected chi connectivity index (χ0v) is 2.33. The first-order valence-corrected chi connectivity index (χ1v) is 0.935. The standard InChI is InChI=1S/BH3O4.K.H/c2-1(3)5-4;;/h2-4H;;. The fourth-order valence-electron chi connectivity index (χ4n) is 0. The Morgan fingerprint density at radius 2 is 1.50 bits per heavy atom. The van der Waals surface area contributed by atoms with Crippen LogP contribution in [-0.2, 0) is 4.81 Å². The van der Waals surface area contributed by atoms with Crippen molar-refractivity contribution in [3.8, 4) is 0 Å². The molecular weight excluding hydrogens is 114 g/mol. The van der Waals surface area contributed by atoms with Gasteiger partial charge in [-0.15, -0.1) is 0 Å². The molecule has 32 valence electrons. The molecule has 0 atom stereocenters. The summed E-state index contributed by atoms with van der Waals surface area (Å²) in [6.07, 6.45) is 0. The first kappa shape index (κ1) is 10.5. The van der Waals surface area contributed by atoms with E-state index in [9.17, 15) is 0 Å². The van der Waals surface area contributed by atoms with Gasteiger partial charge in [0, 0.05) is 0 Å². The predicted molar refractivity (Wildman–Crippen MR) is 21.1 cm³/mol. The molecule has 0 aliphatic heterocycles. The second-order valence-electron chi connectivity index (χ2n) is 0.432. The molecular formula is H4BKO4. The van der Waals surface area contributed by atoms with Crippen molar-refractivity contribution in [2.45, 2.75) is 0 Å². The van der Waals surface area contributed by atoms with E-state index in [4.69, 9.17) is 15.3 Å². The Morgan fingerprint density at radius 3 is 1.50 bits per heavy atom. The normalized spacial score (nSPS) is 6.50. The minimum absolute atomic E-state index is 0. The summed E-state index contributed by atoms with van der Waals surface area (Å²) in [4.78, 5) is 2.86. The van der Waals surface area contributed by atoms with Crippen molar-refractivity contribution in [1.29, 1.82) is 0 Å². The van der Waals surface area contributed by atoms with E-state index in [0.29, 0.717) is 0 Å². The van der Waals surface area contributed by atoms with Crippen LogP contribution in [0.3, 0.4) is 0 Å². The Kier molecular flexibility index (Phi) is 11.5. The molecule has 6 heteroatoms. The zero-order valence-electron chi connectivity index (χ0n) is 2.33. The first-order valence-electron chi connectivity index (χ1n) is 0.935. The molecule has 0 radical (unpaired) electrons. The Labute approximate surface area is 77.6 Å². The molecule has 0 unspecified atom stereocenters. The first-order chi connectivity index (χ1) is 2.27. The summed E-state index contributed by atoms with van der Waals surface area (Å²) in [7, 11) is -2.06. The molecule has 0 saturated heterocycles. The molecule has 3 N–H and O–H groups in total. The SMILES string of the molecule is OOB(O)O.[KH]. The van der Waals surface area contributed by atoms with Crippen LogP contribution in [0.15, 0.2) is 0 Å². The molecule has 0 amide bonds. The van der Waals surface area contributed by atoms with Crippen LogP contribution in [0.1, 0.15) is 0 Å². The Balaban J connectivity index is 0. The van der Waals surface area contributed by atoms with Gasteiger partial charge in [0.1, 0.15) is 0 Å². The number of hydrogen-bond acceptors (Lipinski definition) is 4. The van der Waals surface area contributed by atoms with Gasteiger partial charge in [0.05, 0.1) is 0 Å². The van der Waals surface area contributed by atoms with Crippen LogP contribution in [0.25, 0.3) is 0 Å². The van der Waals surface area contributed by atoms with E-state index in [1.54, 1.807) is 0 Å². The Hall–Kier alpha value is 1.54. The van der Waals surface area contributed by atoms with E-state index in [-0.39, 0.29) is 51.4 Å². The molecule has 0 spiro atoms. The van der Waals surface area contributed by atoms with E-state index < -0.39 is 7.32 Å². The molecule has 0 rings (SSSR count). The third-order valence-corrected chi connectivity index (χ3v) is 0.0943. The topological polar surface area (TPSA) is 69.9 Å². The quantitative estimate of drug-likeness (QED) is 0.207. The van der Waals surface area contributed by atoms with Gasteiger partial charge in [-0.25, -0.2) is 4.81 Å². The van der Waals surface area contributed by atoms with E-state index in [2.05, 4.69) is 4.81 Å². The van der Waals surface area contributed by atoms with E-state index in [1.165, 1.54) is 0 Å². The van der Waals surface area contributed by atoms with Crippen LogP contribution in [-0.4, -0.2) is 74.0 Å². The van der Waals surface area contributed by atoms with Gasteiger partial charge >= 0.3 is 58.7 Å². The van der Waals surface area contributed by atoms with Crippen LogP contribution in [0, 0.1) is 0 Å². The van der Waals surface area contributed by atoms with Crippen molar-refractivity contribution in [3.05, 3.63) is 0 Å². The molecule has 0 aromatic rings. The van der Waals surface area contributed by atoms with E-state index in [1.807, 2.05) is 0 Å². The second kappa shape index (κ2) is 6.54. The van der Waals surface area contributed by atoms with Gasteiger partial charge in [-0.3, -0.25) is 5.26 Å². The van der Waals surface area contributed by atoms with Gasteiger partial charge in [-0.05, 0) is 0 Å². The fourth-order valence-corrected chi connectivity index (χ4v) is 0. The summed E-state index contributed by atoms with van der Waals surface area (Å²) in [6.45, 7) is 0. The molecule has 4 nitrogen and oxygen atoms in total. The van der Waals surface area contributed by atoms with Gasteiger partial charge in [-0.2, -0.15) is 0 Å². The van der Waals surface area contributed by atoms with Crippen molar-refractivity contribution < 1.29 is 20.1 Å². The molecule has 0 bridgehead atoms. The Bertz CT molecular complexity index is 21.5. The molecule has 6 heavy (non-hydrogen) atoms. The average Bonchev–Trinajstić information content (AvgIpc) is 1.38.